The number of likely N-dealkylation sites (N-methyl/N-ethyl adjacent to an activating group) is 1. The Hall–Kier alpha value is -4.18. The van der Waals surface area contributed by atoms with Gasteiger partial charge in [0.25, 0.3) is 5.56 Å². The van der Waals surface area contributed by atoms with Gasteiger partial charge in [0, 0.05) is 55.3 Å². The van der Waals surface area contributed by atoms with Crippen molar-refractivity contribution in [1.82, 2.24) is 33.8 Å². The van der Waals surface area contributed by atoms with Crippen molar-refractivity contribution in [2.45, 2.75) is 46.8 Å². The van der Waals surface area contributed by atoms with E-state index in [9.17, 15) is 9.90 Å². The number of hydrogen-bond donors (Lipinski definition) is 2. The Morgan fingerprint density at radius 3 is 2.82 bits per heavy atom. The topological polar surface area (TPSA) is 106 Å². The molecule has 2 aliphatic rings. The highest BCUT2D eigenvalue weighted by molar-refractivity contribution is 5.79. The predicted molar refractivity (Wildman–Crippen MR) is 146 cm³/mol. The second-order valence-corrected chi connectivity index (χ2v) is 10.9. The summed E-state index contributed by atoms with van der Waals surface area (Å²) in [5.74, 6) is 1.11. The maximum atomic E-state index is 13.6. The predicted octanol–water partition coefficient (Wildman–Crippen LogP) is 3.00. The monoisotopic (exact) mass is 512 g/mol. The molecule has 0 spiro atoms. The maximum Gasteiger partial charge on any atom is 0.280 e. The second-order valence-electron chi connectivity index (χ2n) is 10.9. The number of anilines is 1. The van der Waals surface area contributed by atoms with Crippen molar-refractivity contribution in [2.24, 2.45) is 5.41 Å². The molecule has 2 N–H and O–H groups in total. The van der Waals surface area contributed by atoms with E-state index in [4.69, 9.17) is 0 Å². The van der Waals surface area contributed by atoms with Crippen LogP contribution in [0.15, 0.2) is 59.7 Å². The van der Waals surface area contributed by atoms with Crippen molar-refractivity contribution < 1.29 is 5.11 Å². The summed E-state index contributed by atoms with van der Waals surface area (Å²) in [6.07, 6.45) is 13.2. The molecule has 38 heavy (non-hydrogen) atoms. The van der Waals surface area contributed by atoms with Gasteiger partial charge in [-0.1, -0.05) is 19.1 Å². The molecule has 0 aromatic carbocycles. The molecule has 6 rings (SSSR count). The molecule has 0 unspecified atom stereocenters. The molecule has 4 aromatic heterocycles. The summed E-state index contributed by atoms with van der Waals surface area (Å²) >= 11 is 0. The fourth-order valence-electron chi connectivity index (χ4n) is 5.66. The lowest BCUT2D eigenvalue weighted by atomic mass is 9.90. The normalized spacial score (nSPS) is 16.5. The molecular formula is C28H32N8O2. The highest BCUT2D eigenvalue weighted by Gasteiger charge is 2.31. The van der Waals surface area contributed by atoms with Crippen molar-refractivity contribution in [3.8, 4) is 5.82 Å². The van der Waals surface area contributed by atoms with E-state index in [0.717, 1.165) is 36.2 Å². The van der Waals surface area contributed by atoms with E-state index in [1.807, 2.05) is 55.2 Å². The van der Waals surface area contributed by atoms with Gasteiger partial charge in [0.2, 0.25) is 0 Å². The zero-order chi connectivity index (χ0) is 26.6. The number of pyridine rings is 1. The number of aromatic nitrogens is 6. The molecule has 0 amide bonds. The van der Waals surface area contributed by atoms with Gasteiger partial charge >= 0.3 is 0 Å². The Morgan fingerprint density at radius 2 is 2.05 bits per heavy atom. The van der Waals surface area contributed by atoms with E-state index in [1.165, 1.54) is 11.3 Å². The molecule has 0 saturated heterocycles. The summed E-state index contributed by atoms with van der Waals surface area (Å²) < 4.78 is 5.32. The van der Waals surface area contributed by atoms with E-state index in [-0.39, 0.29) is 17.6 Å². The molecule has 0 atom stereocenters. The molecule has 1 aliphatic heterocycles. The smallest absolute Gasteiger partial charge is 0.280 e. The number of aliphatic hydroxyl groups is 1. The number of nitrogens with one attached hydrogen (secondary N) is 1. The van der Waals surface area contributed by atoms with Crippen molar-refractivity contribution in [2.75, 3.05) is 18.9 Å². The van der Waals surface area contributed by atoms with Crippen LogP contribution in [0.4, 0.5) is 5.82 Å². The average Bonchev–Trinajstić information content (AvgIpc) is 3.56. The largest absolute Gasteiger partial charge is 0.392 e. The highest BCUT2D eigenvalue weighted by atomic mass is 16.3. The number of nitrogens with zero attached hydrogens (tertiary/aromatic N) is 7. The van der Waals surface area contributed by atoms with Gasteiger partial charge in [-0.3, -0.25) is 14.0 Å². The van der Waals surface area contributed by atoms with Crippen LogP contribution in [0.5, 0.6) is 0 Å². The summed E-state index contributed by atoms with van der Waals surface area (Å²) in [6.45, 7) is 7.67. The minimum Gasteiger partial charge on any atom is -0.392 e. The summed E-state index contributed by atoms with van der Waals surface area (Å²) in [4.78, 5) is 20.2. The Labute approximate surface area is 220 Å². The van der Waals surface area contributed by atoms with Gasteiger partial charge in [0.05, 0.1) is 19.3 Å². The molecule has 10 nitrogen and oxygen atoms in total. The third kappa shape index (κ3) is 4.10. The number of aliphatic hydroxyl groups excluding tert-OH is 1. The molecule has 0 bridgehead atoms. The first kappa shape index (κ1) is 24.2. The van der Waals surface area contributed by atoms with Crippen LogP contribution in [0, 0.1) is 5.41 Å². The number of allylic oxidation sites excluding steroid dienone is 2. The minimum absolute atomic E-state index is 0.147. The third-order valence-electron chi connectivity index (χ3n) is 7.34. The molecule has 196 valence electrons. The van der Waals surface area contributed by atoms with Crippen LogP contribution in [-0.4, -0.2) is 52.5 Å². The van der Waals surface area contributed by atoms with Crippen LogP contribution in [0.3, 0.4) is 0 Å². The van der Waals surface area contributed by atoms with Crippen LogP contribution < -0.4 is 10.9 Å². The first-order valence-electron chi connectivity index (χ1n) is 12.9. The standard InChI is InChI=1S/C28H32N8O2/c1-5-34-16-25(31-32-34)30-20-10-19(14-33(4)15-20)21-6-7-29-26(22(21)17-37)36-9-8-35-23(27(36)38)11-18-12-28(2,3)13-24(18)35/h6-11,14,16,30,37H,5,12-13,15,17H2,1-4H3. The van der Waals surface area contributed by atoms with Crippen LogP contribution in [0.2, 0.25) is 0 Å². The first-order valence-corrected chi connectivity index (χ1v) is 12.9. The number of aryl methyl sites for hydroxylation is 1. The van der Waals surface area contributed by atoms with E-state index < -0.39 is 0 Å². The summed E-state index contributed by atoms with van der Waals surface area (Å²) in [6, 6.07) is 3.89. The fraction of sp³-hybridized carbons (Fsp3) is 0.357. The lowest BCUT2D eigenvalue weighted by Gasteiger charge is -2.25. The van der Waals surface area contributed by atoms with E-state index in [1.54, 1.807) is 21.6 Å². The van der Waals surface area contributed by atoms with Crippen LogP contribution in [-0.2, 0) is 26.0 Å². The zero-order valence-corrected chi connectivity index (χ0v) is 22.1. The van der Waals surface area contributed by atoms with E-state index in [2.05, 4.69) is 39.4 Å². The maximum absolute atomic E-state index is 13.6. The van der Waals surface area contributed by atoms with Crippen molar-refractivity contribution >= 4 is 16.9 Å². The summed E-state index contributed by atoms with van der Waals surface area (Å²) in [7, 11) is 1.99. The molecule has 1 aliphatic carbocycles. The van der Waals surface area contributed by atoms with Crippen LogP contribution in [0.25, 0.3) is 16.9 Å². The van der Waals surface area contributed by atoms with E-state index in [0.29, 0.717) is 29.3 Å². The van der Waals surface area contributed by atoms with Crippen molar-refractivity contribution in [3.63, 3.8) is 0 Å². The quantitative estimate of drug-likeness (QED) is 0.409. The van der Waals surface area contributed by atoms with Gasteiger partial charge in [0.15, 0.2) is 5.82 Å². The lowest BCUT2D eigenvalue weighted by molar-refractivity contribution is 0.280. The van der Waals surface area contributed by atoms with Crippen LogP contribution >= 0.6 is 0 Å². The summed E-state index contributed by atoms with van der Waals surface area (Å²) in [5, 5.41) is 22.1. The fourth-order valence-corrected chi connectivity index (χ4v) is 5.66. The van der Waals surface area contributed by atoms with Gasteiger partial charge in [0.1, 0.15) is 11.3 Å². The molecule has 5 heterocycles. The third-order valence-corrected chi connectivity index (χ3v) is 7.34. The van der Waals surface area contributed by atoms with Crippen molar-refractivity contribution in [3.05, 3.63) is 87.6 Å². The number of fused-ring (bicyclic) bond motifs is 3. The second kappa shape index (κ2) is 8.98. The average molecular weight is 513 g/mol. The Kier molecular flexibility index (Phi) is 5.71. The van der Waals surface area contributed by atoms with Crippen LogP contribution in [0.1, 0.15) is 43.2 Å². The molecule has 0 saturated carbocycles. The lowest BCUT2D eigenvalue weighted by Crippen LogP contribution is -2.24. The molecular weight excluding hydrogens is 480 g/mol. The zero-order valence-electron chi connectivity index (χ0n) is 22.1. The van der Waals surface area contributed by atoms with Gasteiger partial charge in [-0.05, 0) is 60.1 Å². The Bertz CT molecular complexity index is 1670. The minimum atomic E-state index is -0.260. The summed E-state index contributed by atoms with van der Waals surface area (Å²) in [5.41, 5.74) is 6.37. The van der Waals surface area contributed by atoms with Gasteiger partial charge < -0.3 is 19.7 Å². The number of rotatable bonds is 6. The van der Waals surface area contributed by atoms with Gasteiger partial charge in [-0.15, -0.1) is 5.10 Å². The van der Waals surface area contributed by atoms with E-state index >= 15 is 0 Å². The van der Waals surface area contributed by atoms with Gasteiger partial charge in [-0.25, -0.2) is 4.98 Å². The molecule has 0 fully saturated rings. The number of hydrogen-bond acceptors (Lipinski definition) is 7. The van der Waals surface area contributed by atoms with Crippen molar-refractivity contribution in [1.29, 1.82) is 0 Å². The Morgan fingerprint density at radius 1 is 1.21 bits per heavy atom. The van der Waals surface area contributed by atoms with Gasteiger partial charge in [-0.2, -0.15) is 0 Å². The first-order chi connectivity index (χ1) is 18.3. The molecule has 4 aromatic rings. The Balaban J connectivity index is 1.40. The molecule has 0 radical (unpaired) electrons. The SMILES string of the molecule is CCn1cc(NC2=CC(c3ccnc(-n4ccn5c6c(cc5c4=O)CC(C)(C)C6)c3CO)=CN(C)C2)nn1. The molecule has 10 heteroatoms. The highest BCUT2D eigenvalue weighted by Crippen LogP contribution is 2.37.